The van der Waals surface area contributed by atoms with E-state index in [0.29, 0.717) is 47.0 Å². The van der Waals surface area contributed by atoms with Crippen molar-refractivity contribution in [2.45, 2.75) is 26.5 Å². The second kappa shape index (κ2) is 12.2. The van der Waals surface area contributed by atoms with E-state index >= 15 is 0 Å². The van der Waals surface area contributed by atoms with Crippen molar-refractivity contribution in [1.29, 1.82) is 0 Å². The van der Waals surface area contributed by atoms with E-state index in [9.17, 15) is 14.0 Å². The van der Waals surface area contributed by atoms with Gasteiger partial charge >= 0.3 is 5.97 Å². The fraction of sp³-hybridized carbons (Fsp3) is 0.167. The molecule has 1 atom stereocenters. The van der Waals surface area contributed by atoms with Crippen LogP contribution < -0.4 is 19.6 Å². The number of benzene rings is 3. The lowest BCUT2D eigenvalue weighted by Crippen LogP contribution is -2.39. The molecule has 4 aromatic rings. The van der Waals surface area contributed by atoms with Crippen molar-refractivity contribution in [2.24, 2.45) is 4.99 Å². The normalized spacial score (nSPS) is 15.0. The molecule has 6 nitrogen and oxygen atoms in total. The van der Waals surface area contributed by atoms with E-state index in [1.54, 1.807) is 68.5 Å². The summed E-state index contributed by atoms with van der Waals surface area (Å²) >= 11 is 19.6. The third-order valence-corrected chi connectivity index (χ3v) is 8.30. The fourth-order valence-corrected chi connectivity index (χ4v) is 5.99. The van der Waals surface area contributed by atoms with Gasteiger partial charge in [-0.3, -0.25) is 9.36 Å². The highest BCUT2D eigenvalue weighted by Crippen LogP contribution is 2.31. The zero-order valence-electron chi connectivity index (χ0n) is 21.8. The number of hydrogen-bond acceptors (Lipinski definition) is 6. The maximum atomic E-state index is 13.9. The third kappa shape index (κ3) is 6.11. The number of carbonyl (C=O) groups excluding carboxylic acids is 1. The Morgan fingerprint density at radius 2 is 1.83 bits per heavy atom. The molecular formula is C30H22Cl3FN2O4S. The number of halogens is 4. The van der Waals surface area contributed by atoms with Gasteiger partial charge in [-0.15, -0.1) is 0 Å². The van der Waals surface area contributed by atoms with Gasteiger partial charge in [-0.2, -0.15) is 0 Å². The lowest BCUT2D eigenvalue weighted by Gasteiger charge is -2.24. The highest BCUT2D eigenvalue weighted by molar-refractivity contribution is 7.07. The van der Waals surface area contributed by atoms with Crippen molar-refractivity contribution in [3.8, 4) is 5.75 Å². The summed E-state index contributed by atoms with van der Waals surface area (Å²) in [6.45, 7) is 3.73. The molecule has 11 heteroatoms. The fourth-order valence-electron chi connectivity index (χ4n) is 4.45. The largest absolute Gasteiger partial charge is 0.488 e. The van der Waals surface area contributed by atoms with Gasteiger partial charge in [0.05, 0.1) is 38.5 Å². The number of esters is 1. The Kier molecular flexibility index (Phi) is 8.66. The van der Waals surface area contributed by atoms with Crippen molar-refractivity contribution in [1.82, 2.24) is 4.57 Å². The summed E-state index contributed by atoms with van der Waals surface area (Å²) in [5.74, 6) is -0.538. The van der Waals surface area contributed by atoms with Crippen LogP contribution in [0.15, 0.2) is 81.7 Å². The standard InChI is InChI=1S/C30H22Cl3FN2O4S/c1-3-39-29(38)26-16(2)35-30-36(27(26)18-5-8-21(34)9-6-18)28(37)25(41-30)14-19-13-20(31)7-11-24(19)40-15-17-4-10-22(32)23(33)12-17/h4-14,27H,3,15H2,1-2H3/b25-14-/t27-/m0/s1. The van der Waals surface area contributed by atoms with Gasteiger partial charge < -0.3 is 9.47 Å². The number of aromatic nitrogens is 1. The van der Waals surface area contributed by atoms with Crippen LogP contribution in [0.5, 0.6) is 5.75 Å². The molecule has 0 bridgehead atoms. The minimum absolute atomic E-state index is 0.149. The number of ether oxygens (including phenoxy) is 2. The van der Waals surface area contributed by atoms with Gasteiger partial charge in [-0.05, 0) is 73.5 Å². The summed E-state index contributed by atoms with van der Waals surface area (Å²) in [4.78, 5) is 31.8. The zero-order valence-corrected chi connectivity index (χ0v) is 24.9. The monoisotopic (exact) mass is 630 g/mol. The Labute approximate surface area is 253 Å². The zero-order chi connectivity index (χ0) is 29.3. The molecule has 0 saturated carbocycles. The number of nitrogens with zero attached hydrogens (tertiary/aromatic N) is 2. The molecule has 1 aliphatic heterocycles. The molecule has 1 aromatic heterocycles. The second-order valence-electron chi connectivity index (χ2n) is 9.07. The Morgan fingerprint density at radius 1 is 1.07 bits per heavy atom. The Morgan fingerprint density at radius 3 is 2.54 bits per heavy atom. The van der Waals surface area contributed by atoms with Gasteiger partial charge in [0.25, 0.3) is 5.56 Å². The van der Waals surface area contributed by atoms with E-state index < -0.39 is 17.8 Å². The quantitative estimate of drug-likeness (QED) is 0.219. The Balaban J connectivity index is 1.60. The van der Waals surface area contributed by atoms with Crippen LogP contribution in [0.1, 0.15) is 36.6 Å². The number of allylic oxidation sites excluding steroid dienone is 1. The van der Waals surface area contributed by atoms with Crippen LogP contribution in [-0.4, -0.2) is 17.1 Å². The first-order valence-electron chi connectivity index (χ1n) is 12.5. The highest BCUT2D eigenvalue weighted by Gasteiger charge is 2.33. The van der Waals surface area contributed by atoms with Gasteiger partial charge in [-0.1, -0.05) is 64.3 Å². The van der Waals surface area contributed by atoms with Gasteiger partial charge in [0.1, 0.15) is 18.2 Å². The van der Waals surface area contributed by atoms with Gasteiger partial charge in [0.15, 0.2) is 4.80 Å². The first kappa shape index (κ1) is 29.1. The molecule has 5 rings (SSSR count). The summed E-state index contributed by atoms with van der Waals surface area (Å²) in [6.07, 6.45) is 1.67. The molecular weight excluding hydrogens is 610 g/mol. The molecule has 1 aliphatic rings. The number of thiazole rings is 1. The number of hydrogen-bond donors (Lipinski definition) is 0. The maximum Gasteiger partial charge on any atom is 0.338 e. The summed E-state index contributed by atoms with van der Waals surface area (Å²) in [6, 6.07) is 15.1. The van der Waals surface area contributed by atoms with E-state index in [-0.39, 0.29) is 24.3 Å². The van der Waals surface area contributed by atoms with E-state index in [0.717, 1.165) is 16.9 Å². The van der Waals surface area contributed by atoms with Gasteiger partial charge in [0.2, 0.25) is 0 Å². The topological polar surface area (TPSA) is 69.9 Å². The van der Waals surface area contributed by atoms with Crippen molar-refractivity contribution in [2.75, 3.05) is 6.61 Å². The van der Waals surface area contributed by atoms with Crippen LogP contribution in [-0.2, 0) is 16.1 Å². The van der Waals surface area contributed by atoms with Crippen LogP contribution in [0.3, 0.4) is 0 Å². The third-order valence-electron chi connectivity index (χ3n) is 6.34. The van der Waals surface area contributed by atoms with Crippen molar-refractivity contribution in [3.63, 3.8) is 0 Å². The molecule has 3 aromatic carbocycles. The molecule has 0 amide bonds. The van der Waals surface area contributed by atoms with E-state index in [1.165, 1.54) is 16.7 Å². The van der Waals surface area contributed by atoms with Crippen LogP contribution in [0.4, 0.5) is 4.39 Å². The molecule has 0 N–H and O–H groups in total. The highest BCUT2D eigenvalue weighted by atomic mass is 35.5. The van der Waals surface area contributed by atoms with Crippen molar-refractivity contribution in [3.05, 3.63) is 129 Å². The number of fused-ring (bicyclic) bond motifs is 1. The number of rotatable bonds is 7. The predicted octanol–water partition coefficient (Wildman–Crippen LogP) is 6.48. The van der Waals surface area contributed by atoms with E-state index in [4.69, 9.17) is 44.3 Å². The molecule has 0 unspecified atom stereocenters. The predicted molar refractivity (Wildman–Crippen MR) is 159 cm³/mol. The Bertz CT molecular complexity index is 1870. The summed E-state index contributed by atoms with van der Waals surface area (Å²) < 4.78 is 26.9. The summed E-state index contributed by atoms with van der Waals surface area (Å²) in [5.41, 5.74) is 2.17. The smallest absolute Gasteiger partial charge is 0.338 e. The molecule has 0 radical (unpaired) electrons. The minimum atomic E-state index is -0.849. The number of carbonyl (C=O) groups is 1. The molecule has 0 saturated heterocycles. The van der Waals surface area contributed by atoms with Crippen molar-refractivity contribution >= 4 is 58.2 Å². The van der Waals surface area contributed by atoms with Crippen LogP contribution in [0.25, 0.3) is 6.08 Å². The van der Waals surface area contributed by atoms with Gasteiger partial charge in [-0.25, -0.2) is 14.2 Å². The average molecular weight is 632 g/mol. The summed E-state index contributed by atoms with van der Waals surface area (Å²) in [7, 11) is 0. The van der Waals surface area contributed by atoms with Crippen LogP contribution in [0.2, 0.25) is 15.1 Å². The molecule has 0 spiro atoms. The lowest BCUT2D eigenvalue weighted by molar-refractivity contribution is -0.139. The average Bonchev–Trinajstić information content (AvgIpc) is 3.24. The van der Waals surface area contributed by atoms with Crippen molar-refractivity contribution < 1.29 is 18.7 Å². The molecule has 2 heterocycles. The second-order valence-corrected chi connectivity index (χ2v) is 11.3. The van der Waals surface area contributed by atoms with Crippen LogP contribution >= 0.6 is 46.1 Å². The molecule has 210 valence electrons. The SMILES string of the molecule is CCOC(=O)C1=C(C)N=c2s/c(=C\c3cc(Cl)ccc3OCc3ccc(Cl)c(Cl)c3)c(=O)n2[C@H]1c1ccc(F)cc1. The van der Waals surface area contributed by atoms with E-state index in [2.05, 4.69) is 4.99 Å². The van der Waals surface area contributed by atoms with Gasteiger partial charge in [0, 0.05) is 10.6 Å². The van der Waals surface area contributed by atoms with Crippen LogP contribution in [0, 0.1) is 5.82 Å². The first-order valence-corrected chi connectivity index (χ1v) is 14.4. The molecule has 0 fully saturated rings. The molecule has 41 heavy (non-hydrogen) atoms. The lowest BCUT2D eigenvalue weighted by atomic mass is 9.96. The first-order chi connectivity index (χ1) is 19.7. The Hall–Kier alpha value is -3.43. The summed E-state index contributed by atoms with van der Waals surface area (Å²) in [5, 5.41) is 1.31. The van der Waals surface area contributed by atoms with E-state index in [1.807, 2.05) is 0 Å². The molecule has 0 aliphatic carbocycles. The minimum Gasteiger partial charge on any atom is -0.488 e. The maximum absolute atomic E-state index is 13.9.